The van der Waals surface area contributed by atoms with E-state index in [1.54, 1.807) is 11.8 Å². The molecule has 0 spiro atoms. The highest BCUT2D eigenvalue weighted by Gasteiger charge is 2.00. The number of thiocarbonyl (C=S) groups is 1. The van der Waals surface area contributed by atoms with E-state index in [1.165, 1.54) is 24.0 Å². The normalized spacial score (nSPS) is 10.1. The number of rotatable bonds is 4. The average Bonchev–Trinajstić information content (AvgIpc) is 2.19. The van der Waals surface area contributed by atoms with Crippen LogP contribution in [0.5, 0.6) is 0 Å². The molecule has 0 fully saturated rings. The van der Waals surface area contributed by atoms with Crippen molar-refractivity contribution in [3.63, 3.8) is 0 Å². The Morgan fingerprint density at radius 2 is 1.93 bits per heavy atom. The summed E-state index contributed by atoms with van der Waals surface area (Å²) in [4.78, 5) is 0. The Bertz CT molecular complexity index is 288. The Kier molecular flexibility index (Phi) is 5.20. The lowest BCUT2D eigenvalue weighted by atomic mass is 10.2. The van der Waals surface area contributed by atoms with Gasteiger partial charge in [-0.15, -0.1) is 11.8 Å². The summed E-state index contributed by atoms with van der Waals surface area (Å²) in [5.41, 5.74) is 2.47. The van der Waals surface area contributed by atoms with Crippen LogP contribution in [0.4, 0.5) is 0 Å². The fourth-order valence-electron chi connectivity index (χ4n) is 1.08. The Balaban J connectivity index is 2.48. The number of unbranched alkanes of at least 4 members (excludes halogenated alkanes) is 1. The van der Waals surface area contributed by atoms with Gasteiger partial charge >= 0.3 is 0 Å². The first-order valence-corrected chi connectivity index (χ1v) is 6.37. The molecule has 0 aliphatic rings. The summed E-state index contributed by atoms with van der Waals surface area (Å²) in [5, 5.41) is 0. The third kappa shape index (κ3) is 3.81. The van der Waals surface area contributed by atoms with Gasteiger partial charge in [-0.25, -0.2) is 0 Å². The van der Waals surface area contributed by atoms with Crippen molar-refractivity contribution in [3.05, 3.63) is 35.4 Å². The molecule has 0 N–H and O–H groups in total. The summed E-state index contributed by atoms with van der Waals surface area (Å²) in [6, 6.07) is 8.44. The fraction of sp³-hybridized carbons (Fsp3) is 0.417. The van der Waals surface area contributed by atoms with Gasteiger partial charge in [-0.3, -0.25) is 0 Å². The minimum Gasteiger partial charge on any atom is -0.114 e. The van der Waals surface area contributed by atoms with Crippen molar-refractivity contribution < 1.29 is 0 Å². The van der Waals surface area contributed by atoms with E-state index in [9.17, 15) is 0 Å². The van der Waals surface area contributed by atoms with Gasteiger partial charge in [0.1, 0.15) is 0 Å². The smallest absolute Gasteiger partial charge is 0.0778 e. The highest BCUT2D eigenvalue weighted by Crippen LogP contribution is 2.16. The minimum absolute atomic E-state index is 1.03. The van der Waals surface area contributed by atoms with E-state index in [1.807, 2.05) is 0 Å². The van der Waals surface area contributed by atoms with Crippen LogP contribution < -0.4 is 0 Å². The zero-order chi connectivity index (χ0) is 10.4. The SMILES string of the molecule is CCCCSC(=S)c1ccc(C)cc1. The molecule has 76 valence electrons. The summed E-state index contributed by atoms with van der Waals surface area (Å²) >= 11 is 7.13. The topological polar surface area (TPSA) is 0 Å². The predicted octanol–water partition coefficient (Wildman–Crippen LogP) is 4.20. The maximum absolute atomic E-state index is 5.34. The van der Waals surface area contributed by atoms with E-state index in [0.29, 0.717) is 0 Å². The summed E-state index contributed by atoms with van der Waals surface area (Å²) in [7, 11) is 0. The number of hydrogen-bond donors (Lipinski definition) is 0. The fourth-order valence-corrected chi connectivity index (χ4v) is 2.39. The molecule has 0 unspecified atom stereocenters. The molecule has 0 atom stereocenters. The second-order valence-electron chi connectivity index (χ2n) is 3.36. The van der Waals surface area contributed by atoms with Crippen molar-refractivity contribution in [1.29, 1.82) is 0 Å². The first kappa shape index (κ1) is 11.7. The Hall–Kier alpha value is -0.340. The molecule has 1 aromatic rings. The lowest BCUT2D eigenvalue weighted by molar-refractivity contribution is 0.898. The summed E-state index contributed by atoms with van der Waals surface area (Å²) < 4.78 is 1.03. The quantitative estimate of drug-likeness (QED) is 0.555. The van der Waals surface area contributed by atoms with Crippen LogP contribution in [-0.2, 0) is 0 Å². The van der Waals surface area contributed by atoms with Gasteiger partial charge in [0.25, 0.3) is 0 Å². The first-order chi connectivity index (χ1) is 6.74. The van der Waals surface area contributed by atoms with Crippen molar-refractivity contribution in [1.82, 2.24) is 0 Å². The van der Waals surface area contributed by atoms with Gasteiger partial charge in [0.15, 0.2) is 0 Å². The molecular formula is C12H16S2. The van der Waals surface area contributed by atoms with Gasteiger partial charge in [0.2, 0.25) is 0 Å². The number of aryl methyl sites for hydroxylation is 1. The van der Waals surface area contributed by atoms with Gasteiger partial charge in [0, 0.05) is 0 Å². The van der Waals surface area contributed by atoms with E-state index in [4.69, 9.17) is 12.2 Å². The van der Waals surface area contributed by atoms with Crippen LogP contribution in [0, 0.1) is 6.92 Å². The molecule has 0 nitrogen and oxygen atoms in total. The molecule has 0 aliphatic carbocycles. The van der Waals surface area contributed by atoms with Gasteiger partial charge in [-0.2, -0.15) is 0 Å². The number of benzene rings is 1. The molecule has 1 aromatic carbocycles. The largest absolute Gasteiger partial charge is 0.114 e. The number of hydrogen-bond acceptors (Lipinski definition) is 2. The van der Waals surface area contributed by atoms with Gasteiger partial charge in [0.05, 0.1) is 4.20 Å². The molecule has 14 heavy (non-hydrogen) atoms. The molecule has 0 saturated carbocycles. The van der Waals surface area contributed by atoms with Crippen LogP contribution in [-0.4, -0.2) is 9.95 Å². The van der Waals surface area contributed by atoms with Crippen molar-refractivity contribution in [3.8, 4) is 0 Å². The van der Waals surface area contributed by atoms with Crippen LogP contribution in [0.25, 0.3) is 0 Å². The summed E-state index contributed by atoms with van der Waals surface area (Å²) in [6.45, 7) is 4.30. The van der Waals surface area contributed by atoms with Crippen molar-refractivity contribution in [2.75, 3.05) is 5.75 Å². The molecule has 0 saturated heterocycles. The van der Waals surface area contributed by atoms with Crippen molar-refractivity contribution >= 4 is 28.2 Å². The molecule has 0 aliphatic heterocycles. The zero-order valence-corrected chi connectivity index (χ0v) is 10.4. The maximum atomic E-state index is 5.34. The van der Waals surface area contributed by atoms with Gasteiger partial charge < -0.3 is 0 Å². The third-order valence-corrected chi connectivity index (χ3v) is 3.60. The molecule has 0 radical (unpaired) electrons. The molecule has 0 aromatic heterocycles. The predicted molar refractivity (Wildman–Crippen MR) is 70.2 cm³/mol. The van der Waals surface area contributed by atoms with E-state index < -0.39 is 0 Å². The molecule has 2 heteroatoms. The van der Waals surface area contributed by atoms with Gasteiger partial charge in [-0.1, -0.05) is 55.4 Å². The third-order valence-electron chi connectivity index (χ3n) is 2.02. The standard InChI is InChI=1S/C12H16S2/c1-3-4-9-14-12(13)11-7-5-10(2)6-8-11/h5-8H,3-4,9H2,1-2H3. The van der Waals surface area contributed by atoms with Crippen LogP contribution in [0.2, 0.25) is 0 Å². The maximum Gasteiger partial charge on any atom is 0.0778 e. The molecule has 0 bridgehead atoms. The summed E-state index contributed by atoms with van der Waals surface area (Å²) in [5.74, 6) is 1.14. The average molecular weight is 224 g/mol. The number of thioether (sulfide) groups is 1. The van der Waals surface area contributed by atoms with E-state index >= 15 is 0 Å². The monoisotopic (exact) mass is 224 g/mol. The molecular weight excluding hydrogens is 208 g/mol. The highest BCUT2D eigenvalue weighted by molar-refractivity contribution is 8.23. The van der Waals surface area contributed by atoms with E-state index in [-0.39, 0.29) is 0 Å². The Morgan fingerprint density at radius 1 is 1.29 bits per heavy atom. The highest BCUT2D eigenvalue weighted by atomic mass is 32.2. The lowest BCUT2D eigenvalue weighted by Crippen LogP contribution is -1.93. The van der Waals surface area contributed by atoms with Crippen molar-refractivity contribution in [2.24, 2.45) is 0 Å². The molecule has 0 amide bonds. The second-order valence-corrected chi connectivity index (χ2v) is 5.13. The molecule has 0 heterocycles. The second kappa shape index (κ2) is 6.20. The zero-order valence-electron chi connectivity index (χ0n) is 8.75. The van der Waals surface area contributed by atoms with Crippen LogP contribution in [0.1, 0.15) is 30.9 Å². The lowest BCUT2D eigenvalue weighted by Gasteiger charge is -2.03. The van der Waals surface area contributed by atoms with Crippen molar-refractivity contribution in [2.45, 2.75) is 26.7 Å². The van der Waals surface area contributed by atoms with Gasteiger partial charge in [-0.05, 0) is 24.7 Å². The Labute approximate surface area is 96.1 Å². The van der Waals surface area contributed by atoms with Crippen LogP contribution in [0.3, 0.4) is 0 Å². The van der Waals surface area contributed by atoms with Crippen LogP contribution in [0.15, 0.2) is 24.3 Å². The van der Waals surface area contributed by atoms with E-state index in [0.717, 1.165) is 9.95 Å². The first-order valence-electron chi connectivity index (χ1n) is 4.98. The Morgan fingerprint density at radius 3 is 2.50 bits per heavy atom. The minimum atomic E-state index is 1.03. The van der Waals surface area contributed by atoms with E-state index in [2.05, 4.69) is 38.1 Å². The van der Waals surface area contributed by atoms with Crippen LogP contribution >= 0.6 is 24.0 Å². The molecule has 1 rings (SSSR count). The summed E-state index contributed by atoms with van der Waals surface area (Å²) in [6.07, 6.45) is 2.49.